The van der Waals surface area contributed by atoms with Crippen molar-refractivity contribution in [2.75, 3.05) is 7.11 Å². The molecule has 0 saturated heterocycles. The van der Waals surface area contributed by atoms with Crippen molar-refractivity contribution in [3.63, 3.8) is 0 Å². The lowest BCUT2D eigenvalue weighted by atomic mass is 10.3. The molecule has 0 unspecified atom stereocenters. The predicted molar refractivity (Wildman–Crippen MR) is 47.2 cm³/mol. The van der Waals surface area contributed by atoms with Gasteiger partial charge in [0.05, 0.1) is 7.11 Å². The molecule has 0 amide bonds. The van der Waals surface area contributed by atoms with Gasteiger partial charge in [-0.1, -0.05) is 0 Å². The van der Waals surface area contributed by atoms with Gasteiger partial charge in [-0.05, 0) is 12.1 Å². The van der Waals surface area contributed by atoms with E-state index in [0.29, 0.717) is 0 Å². The van der Waals surface area contributed by atoms with Crippen molar-refractivity contribution >= 4 is 11.6 Å². The first-order valence-corrected chi connectivity index (χ1v) is 3.88. The van der Waals surface area contributed by atoms with Gasteiger partial charge in [0.1, 0.15) is 5.56 Å². The first-order chi connectivity index (χ1) is 6.74. The molecule has 0 spiro atoms. The van der Waals surface area contributed by atoms with Crippen LogP contribution in [0.15, 0.2) is 23.1 Å². The van der Waals surface area contributed by atoms with Crippen LogP contribution < -0.4 is 5.69 Å². The molecule has 0 atom stereocenters. The van der Waals surface area contributed by atoms with Gasteiger partial charge in [-0.2, -0.15) is 5.10 Å². The fourth-order valence-electron chi connectivity index (χ4n) is 1.20. The molecule has 2 rings (SSSR count). The van der Waals surface area contributed by atoms with Crippen LogP contribution in [0.4, 0.5) is 0 Å². The number of nitrogens with zero attached hydrogens (tertiary/aromatic N) is 2. The van der Waals surface area contributed by atoms with E-state index in [1.54, 1.807) is 12.1 Å². The number of ether oxygens (including phenoxy) is 1. The van der Waals surface area contributed by atoms with Crippen LogP contribution in [0.2, 0.25) is 0 Å². The molecule has 2 heterocycles. The number of hydrogen-bond donors (Lipinski definition) is 1. The molecular weight excluding hydrogens is 186 g/mol. The van der Waals surface area contributed by atoms with Gasteiger partial charge in [0.25, 0.3) is 0 Å². The number of fused-ring (bicyclic) bond motifs is 1. The van der Waals surface area contributed by atoms with E-state index in [9.17, 15) is 9.59 Å². The van der Waals surface area contributed by atoms with Crippen LogP contribution in [0.25, 0.3) is 5.65 Å². The SMILES string of the molecule is COC(=O)c1cccn2c(=O)[nH]nc12. The Morgan fingerprint density at radius 1 is 1.64 bits per heavy atom. The summed E-state index contributed by atoms with van der Waals surface area (Å²) in [5.41, 5.74) is 0.142. The number of carbonyl (C=O) groups is 1. The summed E-state index contributed by atoms with van der Waals surface area (Å²) in [6.45, 7) is 0. The maximum absolute atomic E-state index is 11.2. The third kappa shape index (κ3) is 1.08. The second-order valence-corrected chi connectivity index (χ2v) is 2.64. The number of methoxy groups -OCH3 is 1. The van der Waals surface area contributed by atoms with E-state index in [-0.39, 0.29) is 16.9 Å². The third-order valence-corrected chi connectivity index (χ3v) is 1.85. The fraction of sp³-hybridized carbons (Fsp3) is 0.125. The van der Waals surface area contributed by atoms with E-state index >= 15 is 0 Å². The zero-order chi connectivity index (χ0) is 10.1. The molecule has 1 N–H and O–H groups in total. The summed E-state index contributed by atoms with van der Waals surface area (Å²) < 4.78 is 5.79. The predicted octanol–water partition coefficient (Wildman–Crippen LogP) is -0.191. The highest BCUT2D eigenvalue weighted by molar-refractivity contribution is 5.95. The molecule has 2 aromatic heterocycles. The van der Waals surface area contributed by atoms with E-state index in [4.69, 9.17) is 0 Å². The van der Waals surface area contributed by atoms with Crippen LogP contribution in [0.1, 0.15) is 10.4 Å². The summed E-state index contributed by atoms with van der Waals surface area (Å²) in [7, 11) is 1.27. The van der Waals surface area contributed by atoms with Gasteiger partial charge in [-0.3, -0.25) is 0 Å². The van der Waals surface area contributed by atoms with Crippen molar-refractivity contribution in [3.8, 4) is 0 Å². The molecule has 0 aliphatic carbocycles. The highest BCUT2D eigenvalue weighted by atomic mass is 16.5. The maximum atomic E-state index is 11.2. The van der Waals surface area contributed by atoms with Crippen molar-refractivity contribution in [1.29, 1.82) is 0 Å². The second-order valence-electron chi connectivity index (χ2n) is 2.64. The van der Waals surface area contributed by atoms with E-state index < -0.39 is 5.97 Å². The van der Waals surface area contributed by atoms with Gasteiger partial charge in [0.15, 0.2) is 5.65 Å². The molecule has 0 aliphatic heterocycles. The van der Waals surface area contributed by atoms with Crippen molar-refractivity contribution in [3.05, 3.63) is 34.4 Å². The Labute approximate surface area is 78.1 Å². The summed E-state index contributed by atoms with van der Waals surface area (Å²) >= 11 is 0. The molecule has 0 radical (unpaired) electrons. The van der Waals surface area contributed by atoms with E-state index in [2.05, 4.69) is 14.9 Å². The topological polar surface area (TPSA) is 76.5 Å². The molecule has 6 heteroatoms. The highest BCUT2D eigenvalue weighted by Gasteiger charge is 2.12. The minimum absolute atomic E-state index is 0.258. The lowest BCUT2D eigenvalue weighted by Crippen LogP contribution is -2.10. The Morgan fingerprint density at radius 2 is 2.43 bits per heavy atom. The van der Waals surface area contributed by atoms with Crippen LogP contribution >= 0.6 is 0 Å². The Balaban J connectivity index is 2.78. The van der Waals surface area contributed by atoms with Crippen LogP contribution in [0, 0.1) is 0 Å². The van der Waals surface area contributed by atoms with Crippen LogP contribution in [0.3, 0.4) is 0 Å². The summed E-state index contributed by atoms with van der Waals surface area (Å²) in [5, 5.41) is 5.96. The third-order valence-electron chi connectivity index (χ3n) is 1.85. The molecule has 2 aromatic rings. The summed E-state index contributed by atoms with van der Waals surface area (Å²) in [6, 6.07) is 3.12. The first-order valence-electron chi connectivity index (χ1n) is 3.88. The molecule has 14 heavy (non-hydrogen) atoms. The normalized spacial score (nSPS) is 10.4. The zero-order valence-corrected chi connectivity index (χ0v) is 7.35. The first kappa shape index (κ1) is 8.49. The molecule has 0 aromatic carbocycles. The number of aromatic nitrogens is 3. The van der Waals surface area contributed by atoms with Gasteiger partial charge in [-0.25, -0.2) is 19.1 Å². The average Bonchev–Trinajstić information content (AvgIpc) is 2.59. The number of nitrogens with one attached hydrogen (secondary N) is 1. The van der Waals surface area contributed by atoms with E-state index in [0.717, 1.165) is 0 Å². The number of hydrogen-bond acceptors (Lipinski definition) is 4. The van der Waals surface area contributed by atoms with Crippen molar-refractivity contribution < 1.29 is 9.53 Å². The average molecular weight is 193 g/mol. The van der Waals surface area contributed by atoms with Crippen molar-refractivity contribution in [1.82, 2.24) is 14.6 Å². The molecular formula is C8H7N3O3. The fourth-order valence-corrected chi connectivity index (χ4v) is 1.20. The van der Waals surface area contributed by atoms with Gasteiger partial charge < -0.3 is 4.74 Å². The molecule has 72 valence electrons. The van der Waals surface area contributed by atoms with Gasteiger partial charge in [0, 0.05) is 6.20 Å². The number of pyridine rings is 1. The Kier molecular flexibility index (Phi) is 1.81. The minimum atomic E-state index is -0.519. The lowest BCUT2D eigenvalue weighted by molar-refractivity contribution is 0.0602. The number of carbonyl (C=O) groups excluding carboxylic acids is 1. The maximum Gasteiger partial charge on any atom is 0.347 e. The molecule has 0 fully saturated rings. The quantitative estimate of drug-likeness (QED) is 0.637. The second kappa shape index (κ2) is 2.99. The monoisotopic (exact) mass is 193 g/mol. The minimum Gasteiger partial charge on any atom is -0.465 e. The number of aromatic amines is 1. The number of esters is 1. The Bertz CT molecular complexity index is 540. The molecule has 0 aliphatic rings. The largest absolute Gasteiger partial charge is 0.465 e. The van der Waals surface area contributed by atoms with Crippen molar-refractivity contribution in [2.45, 2.75) is 0 Å². The van der Waals surface area contributed by atoms with Crippen LogP contribution in [-0.4, -0.2) is 27.7 Å². The highest BCUT2D eigenvalue weighted by Crippen LogP contribution is 2.06. The Morgan fingerprint density at radius 3 is 3.14 bits per heavy atom. The van der Waals surface area contributed by atoms with Gasteiger partial charge in [-0.15, -0.1) is 0 Å². The molecule has 0 bridgehead atoms. The van der Waals surface area contributed by atoms with Crippen LogP contribution in [-0.2, 0) is 4.74 Å². The molecule has 0 saturated carbocycles. The lowest BCUT2D eigenvalue weighted by Gasteiger charge is -1.98. The smallest absolute Gasteiger partial charge is 0.347 e. The van der Waals surface area contributed by atoms with Gasteiger partial charge >= 0.3 is 11.7 Å². The van der Waals surface area contributed by atoms with Gasteiger partial charge in [0.2, 0.25) is 0 Å². The van der Waals surface area contributed by atoms with Crippen LogP contribution in [0.5, 0.6) is 0 Å². The van der Waals surface area contributed by atoms with Crippen molar-refractivity contribution in [2.24, 2.45) is 0 Å². The van der Waals surface area contributed by atoms with E-state index in [1.807, 2.05) is 0 Å². The zero-order valence-electron chi connectivity index (χ0n) is 7.35. The Hall–Kier alpha value is -2.11. The van der Waals surface area contributed by atoms with E-state index in [1.165, 1.54) is 17.7 Å². The summed E-state index contributed by atoms with van der Waals surface area (Å²) in [4.78, 5) is 22.4. The molecule has 6 nitrogen and oxygen atoms in total. The summed E-state index contributed by atoms with van der Waals surface area (Å²) in [5.74, 6) is -0.519. The summed E-state index contributed by atoms with van der Waals surface area (Å²) in [6.07, 6.45) is 1.52. The number of rotatable bonds is 1. The number of H-pyrrole nitrogens is 1. The standard InChI is InChI=1S/C8H7N3O3/c1-14-7(12)5-3-2-4-11-6(5)9-10-8(11)13/h2-4H,1H3,(H,10,13).